The van der Waals surface area contributed by atoms with Crippen molar-refractivity contribution in [3.63, 3.8) is 0 Å². The van der Waals surface area contributed by atoms with Crippen LogP contribution in [0.3, 0.4) is 0 Å². The second kappa shape index (κ2) is 10.4. The van der Waals surface area contributed by atoms with E-state index in [2.05, 4.69) is 10.3 Å². The maximum absolute atomic E-state index is 10.4. The van der Waals surface area contributed by atoms with Gasteiger partial charge in [0.1, 0.15) is 6.10 Å². The van der Waals surface area contributed by atoms with Gasteiger partial charge in [0, 0.05) is 12.4 Å². The molecule has 0 radical (unpaired) electrons. The summed E-state index contributed by atoms with van der Waals surface area (Å²) < 4.78 is 0. The van der Waals surface area contributed by atoms with Crippen LogP contribution < -0.4 is 5.32 Å². The van der Waals surface area contributed by atoms with E-state index in [0.717, 1.165) is 0 Å². The van der Waals surface area contributed by atoms with Crippen LogP contribution in [-0.4, -0.2) is 41.1 Å². The number of aliphatic imine (C=N–C) groups is 1. The third-order valence-corrected chi connectivity index (χ3v) is 2.37. The standard InChI is InChI=1S/C12H19N3O3/c1-2-14-8-4-3-5-10(15-9-16)12(18)11(17)6-7-13/h2,4,8-12,17-18H,3,5-6H2,1H3,(H,15,16)/b8-4-,14-2?. The summed E-state index contributed by atoms with van der Waals surface area (Å²) >= 11 is 0. The van der Waals surface area contributed by atoms with Crippen LogP contribution in [0.25, 0.3) is 0 Å². The molecule has 0 saturated carbocycles. The maximum Gasteiger partial charge on any atom is 0.207 e. The van der Waals surface area contributed by atoms with Gasteiger partial charge in [-0.1, -0.05) is 6.08 Å². The smallest absolute Gasteiger partial charge is 0.207 e. The average Bonchev–Trinajstić information content (AvgIpc) is 2.36. The van der Waals surface area contributed by atoms with Gasteiger partial charge in [-0.15, -0.1) is 0 Å². The van der Waals surface area contributed by atoms with Crippen LogP contribution in [-0.2, 0) is 4.79 Å². The Morgan fingerprint density at radius 3 is 2.78 bits per heavy atom. The van der Waals surface area contributed by atoms with Crippen molar-refractivity contribution in [2.24, 2.45) is 4.99 Å². The second-order valence-electron chi connectivity index (χ2n) is 3.68. The van der Waals surface area contributed by atoms with E-state index in [4.69, 9.17) is 5.26 Å². The monoisotopic (exact) mass is 253 g/mol. The van der Waals surface area contributed by atoms with Crippen LogP contribution in [0.15, 0.2) is 17.3 Å². The Kier molecular flexibility index (Phi) is 9.45. The minimum Gasteiger partial charge on any atom is -0.389 e. The summed E-state index contributed by atoms with van der Waals surface area (Å²) in [4.78, 5) is 14.3. The highest BCUT2D eigenvalue weighted by atomic mass is 16.3. The van der Waals surface area contributed by atoms with Crippen LogP contribution in [0.5, 0.6) is 0 Å². The lowest BCUT2D eigenvalue weighted by molar-refractivity contribution is -0.111. The fraction of sp³-hybridized carbons (Fsp3) is 0.583. The van der Waals surface area contributed by atoms with Crippen LogP contribution in [0.4, 0.5) is 0 Å². The van der Waals surface area contributed by atoms with E-state index in [1.54, 1.807) is 31.5 Å². The minimum absolute atomic E-state index is 0.172. The lowest BCUT2D eigenvalue weighted by Gasteiger charge is -2.24. The summed E-state index contributed by atoms with van der Waals surface area (Å²) in [5.74, 6) is 0. The van der Waals surface area contributed by atoms with Gasteiger partial charge in [0.25, 0.3) is 0 Å². The number of nitrogens with zero attached hydrogens (tertiary/aromatic N) is 2. The van der Waals surface area contributed by atoms with Crippen molar-refractivity contribution < 1.29 is 15.0 Å². The predicted octanol–water partition coefficient (Wildman–Crippen LogP) is 0.121. The molecule has 0 bridgehead atoms. The highest BCUT2D eigenvalue weighted by Gasteiger charge is 2.25. The molecule has 6 nitrogen and oxygen atoms in total. The lowest BCUT2D eigenvalue weighted by Crippen LogP contribution is -2.45. The number of rotatable bonds is 9. The molecule has 100 valence electrons. The molecule has 0 fully saturated rings. The summed E-state index contributed by atoms with van der Waals surface area (Å²) in [5.41, 5.74) is 0. The van der Waals surface area contributed by atoms with Crippen molar-refractivity contribution >= 4 is 12.6 Å². The van der Waals surface area contributed by atoms with Crippen molar-refractivity contribution in [2.75, 3.05) is 0 Å². The molecule has 0 spiro atoms. The number of carbonyl (C=O) groups excluding carboxylic acids is 1. The van der Waals surface area contributed by atoms with Crippen molar-refractivity contribution in [1.82, 2.24) is 5.32 Å². The molecule has 0 aromatic carbocycles. The Hall–Kier alpha value is -1.71. The SMILES string of the molecule is CC=N/C=C\CCC(NC=O)C(O)C(O)CC#N. The van der Waals surface area contributed by atoms with Crippen LogP contribution >= 0.6 is 0 Å². The number of nitriles is 1. The fourth-order valence-electron chi connectivity index (χ4n) is 1.42. The molecule has 0 heterocycles. The molecular weight excluding hydrogens is 234 g/mol. The first-order chi connectivity index (χ1) is 8.67. The zero-order chi connectivity index (χ0) is 13.8. The largest absolute Gasteiger partial charge is 0.389 e. The fourth-order valence-corrected chi connectivity index (χ4v) is 1.42. The Morgan fingerprint density at radius 1 is 1.50 bits per heavy atom. The van der Waals surface area contributed by atoms with E-state index in [1.165, 1.54) is 0 Å². The molecule has 3 atom stereocenters. The Morgan fingerprint density at radius 2 is 2.22 bits per heavy atom. The normalized spacial score (nSPS) is 16.3. The number of hydrogen-bond donors (Lipinski definition) is 3. The summed E-state index contributed by atoms with van der Waals surface area (Å²) in [7, 11) is 0. The third kappa shape index (κ3) is 6.78. The molecule has 18 heavy (non-hydrogen) atoms. The number of nitrogens with one attached hydrogen (secondary N) is 1. The zero-order valence-electron chi connectivity index (χ0n) is 10.4. The summed E-state index contributed by atoms with van der Waals surface area (Å²) in [5, 5.41) is 30.1. The molecule has 0 rings (SSSR count). The number of allylic oxidation sites excluding steroid dienone is 1. The van der Waals surface area contributed by atoms with Gasteiger partial charge < -0.3 is 15.5 Å². The Labute approximate surface area is 107 Å². The molecule has 0 aliphatic heterocycles. The first-order valence-electron chi connectivity index (χ1n) is 5.73. The van der Waals surface area contributed by atoms with Gasteiger partial charge in [-0.05, 0) is 19.8 Å². The lowest BCUT2D eigenvalue weighted by atomic mass is 9.99. The van der Waals surface area contributed by atoms with Crippen LogP contribution in [0.1, 0.15) is 26.2 Å². The molecule has 0 aliphatic carbocycles. The number of carbonyl (C=O) groups is 1. The van der Waals surface area contributed by atoms with Crippen LogP contribution in [0.2, 0.25) is 0 Å². The third-order valence-electron chi connectivity index (χ3n) is 2.37. The van der Waals surface area contributed by atoms with Crippen LogP contribution in [0, 0.1) is 11.3 Å². The van der Waals surface area contributed by atoms with Gasteiger partial charge in [-0.3, -0.25) is 9.79 Å². The molecule has 0 saturated heterocycles. The van der Waals surface area contributed by atoms with E-state index < -0.39 is 18.2 Å². The van der Waals surface area contributed by atoms with Crippen molar-refractivity contribution in [3.8, 4) is 6.07 Å². The first-order valence-corrected chi connectivity index (χ1v) is 5.73. The van der Waals surface area contributed by atoms with Gasteiger partial charge in [0.2, 0.25) is 6.41 Å². The summed E-state index contributed by atoms with van der Waals surface area (Å²) in [6.07, 6.45) is 4.09. The van der Waals surface area contributed by atoms with Gasteiger partial charge in [0.15, 0.2) is 0 Å². The average molecular weight is 253 g/mol. The second-order valence-corrected chi connectivity index (χ2v) is 3.68. The molecule has 0 aliphatic rings. The van der Waals surface area contributed by atoms with Gasteiger partial charge in [-0.25, -0.2) is 0 Å². The molecule has 6 heteroatoms. The number of amides is 1. The molecule has 1 amide bonds. The Balaban J connectivity index is 4.28. The van der Waals surface area contributed by atoms with Crippen molar-refractivity contribution in [3.05, 3.63) is 12.3 Å². The number of hydrogen-bond acceptors (Lipinski definition) is 5. The molecular formula is C12H19N3O3. The van der Waals surface area contributed by atoms with Crippen molar-refractivity contribution in [1.29, 1.82) is 5.26 Å². The Bertz CT molecular complexity index is 323. The predicted molar refractivity (Wildman–Crippen MR) is 67.8 cm³/mol. The number of aliphatic hydroxyl groups excluding tert-OH is 2. The van der Waals surface area contributed by atoms with Crippen molar-refractivity contribution in [2.45, 2.75) is 44.4 Å². The van der Waals surface area contributed by atoms with E-state index in [-0.39, 0.29) is 6.42 Å². The maximum atomic E-state index is 10.4. The quantitative estimate of drug-likeness (QED) is 0.401. The van der Waals surface area contributed by atoms with Gasteiger partial charge >= 0.3 is 0 Å². The number of aliphatic hydroxyl groups is 2. The van der Waals surface area contributed by atoms with E-state index >= 15 is 0 Å². The highest BCUT2D eigenvalue weighted by Crippen LogP contribution is 2.09. The zero-order valence-corrected chi connectivity index (χ0v) is 10.4. The first kappa shape index (κ1) is 16.3. The van der Waals surface area contributed by atoms with E-state index in [1.807, 2.05) is 0 Å². The van der Waals surface area contributed by atoms with E-state index in [9.17, 15) is 15.0 Å². The molecule has 0 aromatic heterocycles. The van der Waals surface area contributed by atoms with E-state index in [0.29, 0.717) is 19.3 Å². The summed E-state index contributed by atoms with van der Waals surface area (Å²) in [6, 6.07) is 1.19. The molecule has 3 unspecified atom stereocenters. The highest BCUT2D eigenvalue weighted by molar-refractivity contribution is 5.54. The topological polar surface area (TPSA) is 106 Å². The minimum atomic E-state index is -1.16. The molecule has 0 aromatic rings. The van der Waals surface area contributed by atoms with Gasteiger partial charge in [-0.2, -0.15) is 5.26 Å². The molecule has 3 N–H and O–H groups in total. The summed E-state index contributed by atoms with van der Waals surface area (Å²) in [6.45, 7) is 1.79. The van der Waals surface area contributed by atoms with Gasteiger partial charge in [0.05, 0.1) is 24.6 Å².